The summed E-state index contributed by atoms with van der Waals surface area (Å²) in [6, 6.07) is -9.57. The molecule has 1 aliphatic heterocycles. The molecule has 8 heteroatoms. The van der Waals surface area contributed by atoms with Crippen LogP contribution in [-0.4, -0.2) is 56.1 Å². The van der Waals surface area contributed by atoms with Gasteiger partial charge in [0, 0.05) is 47.0 Å². The first-order chi connectivity index (χ1) is 21.3. The van der Waals surface area contributed by atoms with Crippen molar-refractivity contribution in [3.05, 3.63) is 60.1 Å². The van der Waals surface area contributed by atoms with Crippen molar-refractivity contribution in [3.63, 3.8) is 0 Å². The van der Waals surface area contributed by atoms with E-state index in [0.29, 0.717) is 0 Å². The molecule has 1 amide bonds. The Labute approximate surface area is 214 Å². The summed E-state index contributed by atoms with van der Waals surface area (Å²) in [5.41, 5.74) is -3.30. The maximum Gasteiger partial charge on any atom is 0.410 e. The first-order valence-electron chi connectivity index (χ1n) is 16.8. The van der Waals surface area contributed by atoms with Crippen LogP contribution in [0.15, 0.2) is 64.2 Å². The molecule has 1 aliphatic rings. The molecule has 2 heterocycles. The van der Waals surface area contributed by atoms with E-state index in [9.17, 15) is 13.2 Å². The molecule has 7 nitrogen and oxygen atoms in total. The second kappa shape index (κ2) is 8.67. The van der Waals surface area contributed by atoms with Crippen LogP contribution in [0.3, 0.4) is 0 Å². The third-order valence-electron chi connectivity index (χ3n) is 4.45. The fourth-order valence-corrected chi connectivity index (χ4v) is 3.98. The van der Waals surface area contributed by atoms with Gasteiger partial charge in [-0.15, -0.1) is 0 Å². The highest BCUT2D eigenvalue weighted by atomic mass is 32.2. The Kier molecular flexibility index (Phi) is 2.98. The minimum atomic E-state index is -5.35. The Morgan fingerprint density at radius 2 is 1.85 bits per heavy atom. The van der Waals surface area contributed by atoms with Gasteiger partial charge in [0.25, 0.3) is 0 Å². The molecule has 174 valence electrons. The molecule has 0 unspecified atom stereocenters. The number of amides is 1. The van der Waals surface area contributed by atoms with Crippen LogP contribution in [0.4, 0.5) is 10.5 Å². The lowest BCUT2D eigenvalue weighted by Gasteiger charge is -2.37. The second-order valence-electron chi connectivity index (χ2n) is 8.03. The number of benzene rings is 2. The summed E-state index contributed by atoms with van der Waals surface area (Å²) in [7, 11) is -5.35. The summed E-state index contributed by atoms with van der Waals surface area (Å²) >= 11 is 0. The molecular weight excluding hydrogens is 438 g/mol. The third kappa shape index (κ3) is 4.95. The van der Waals surface area contributed by atoms with Crippen molar-refractivity contribution < 1.29 is 37.1 Å². The van der Waals surface area contributed by atoms with Gasteiger partial charge in [-0.25, -0.2) is 13.2 Å². The molecule has 2 aromatic carbocycles. The van der Waals surface area contributed by atoms with Crippen LogP contribution in [0.2, 0.25) is 0 Å². The van der Waals surface area contributed by atoms with E-state index in [4.69, 9.17) is 23.9 Å². The molecule has 0 bridgehead atoms. The summed E-state index contributed by atoms with van der Waals surface area (Å²) in [5.74, 6) is 0. The fraction of sp³-hybridized carbons (Fsp3) is 0.360. The van der Waals surface area contributed by atoms with Gasteiger partial charge < -0.3 is 14.5 Å². The summed E-state index contributed by atoms with van der Waals surface area (Å²) < 4.78 is 149. The predicted molar refractivity (Wildman–Crippen MR) is 128 cm³/mol. The number of sulfone groups is 1. The summed E-state index contributed by atoms with van der Waals surface area (Å²) in [6.07, 6.45) is -0.847. The summed E-state index contributed by atoms with van der Waals surface area (Å²) in [6.45, 7) is -2.13. The molecule has 0 saturated carbocycles. The quantitative estimate of drug-likeness (QED) is 0.550. The average molecular weight is 482 g/mol. The van der Waals surface area contributed by atoms with E-state index >= 15 is 0 Å². The average Bonchev–Trinajstić information content (AvgIpc) is 2.91. The molecule has 1 aromatic heterocycles. The molecule has 0 N–H and O–H groups in total. The number of hydrogen-bond donors (Lipinski definition) is 0. The third-order valence-corrected chi connectivity index (χ3v) is 5.93. The number of rotatable bonds is 3. The molecule has 0 aliphatic carbocycles. The van der Waals surface area contributed by atoms with Gasteiger partial charge in [0.05, 0.1) is 30.4 Å². The zero-order valence-corrected chi connectivity index (χ0v) is 18.8. The molecule has 3 aromatic rings. The molecule has 0 atom stereocenters. The van der Waals surface area contributed by atoms with E-state index in [1.54, 1.807) is 20.8 Å². The largest absolute Gasteiger partial charge is 0.444 e. The van der Waals surface area contributed by atoms with E-state index in [1.807, 2.05) is 0 Å². The Hall–Kier alpha value is -3.13. The first kappa shape index (κ1) is 11.3. The standard InChI is InChI=1S/C25H29N3O4S/c1-18-16-23(27-12-14-28(15-13-27)24(29)32-25(2,3)4)21-11-10-20(17-22(21)26-18)33(30,31)19-8-6-5-7-9-19/h5-11,16-17H,12-15H2,1-4H3/i1D3,5D,6D,7D,8D,9D,10D,11D,12D2,16D,17D. The van der Waals surface area contributed by atoms with Gasteiger partial charge in [-0.1, -0.05) is 18.1 Å². The van der Waals surface area contributed by atoms with Gasteiger partial charge in [-0.3, -0.25) is 4.98 Å². The van der Waals surface area contributed by atoms with Crippen LogP contribution >= 0.6 is 0 Å². The second-order valence-corrected chi connectivity index (χ2v) is 9.85. The summed E-state index contributed by atoms with van der Waals surface area (Å²) in [5, 5.41) is -0.604. The Morgan fingerprint density at radius 3 is 2.52 bits per heavy atom. The van der Waals surface area contributed by atoms with Crippen LogP contribution in [0, 0.1) is 6.85 Å². The predicted octanol–water partition coefficient (Wildman–Crippen LogP) is 4.43. The number of carbonyl (C=O) groups excluding carboxylic acids is 1. The van der Waals surface area contributed by atoms with E-state index in [-0.39, 0.29) is 13.1 Å². The van der Waals surface area contributed by atoms with Crippen molar-refractivity contribution in [1.29, 1.82) is 0 Å². The normalized spacial score (nSPS) is 23.0. The minimum Gasteiger partial charge on any atom is -0.444 e. The number of hydrogen-bond acceptors (Lipinski definition) is 6. The van der Waals surface area contributed by atoms with Gasteiger partial charge in [0.1, 0.15) is 5.60 Å². The fourth-order valence-electron chi connectivity index (χ4n) is 2.98. The van der Waals surface area contributed by atoms with E-state index in [2.05, 4.69) is 4.98 Å². The number of nitrogens with zero attached hydrogens (tertiary/aromatic N) is 3. The number of anilines is 1. The summed E-state index contributed by atoms with van der Waals surface area (Å²) in [4.78, 5) is 15.9. The van der Waals surface area contributed by atoms with Gasteiger partial charge in [-0.2, -0.15) is 0 Å². The Morgan fingerprint density at radius 1 is 1.09 bits per heavy atom. The van der Waals surface area contributed by atoms with Crippen molar-refractivity contribution >= 4 is 32.5 Å². The monoisotopic (exact) mass is 481 g/mol. The molecule has 0 spiro atoms. The first-order valence-corrected chi connectivity index (χ1v) is 11.3. The lowest BCUT2D eigenvalue weighted by Crippen LogP contribution is -2.50. The number of ether oxygens (including phenoxy) is 1. The van der Waals surface area contributed by atoms with Gasteiger partial charge in [-0.05, 0) is 63.9 Å². The zero-order valence-electron chi connectivity index (χ0n) is 32.0. The highest BCUT2D eigenvalue weighted by molar-refractivity contribution is 7.91. The van der Waals surface area contributed by atoms with Crippen molar-refractivity contribution in [2.24, 2.45) is 0 Å². The van der Waals surface area contributed by atoms with Crippen LogP contribution < -0.4 is 4.90 Å². The lowest BCUT2D eigenvalue weighted by atomic mass is 10.1. The highest BCUT2D eigenvalue weighted by Crippen LogP contribution is 2.31. The van der Waals surface area contributed by atoms with E-state index < -0.39 is 128 Å². The molecular formula is C25H29N3O4S. The van der Waals surface area contributed by atoms with E-state index in [1.165, 1.54) is 0 Å². The molecule has 1 fully saturated rings. The highest BCUT2D eigenvalue weighted by Gasteiger charge is 2.27. The number of fused-ring (bicyclic) bond motifs is 1. The van der Waals surface area contributed by atoms with Gasteiger partial charge in [0.2, 0.25) is 9.84 Å². The van der Waals surface area contributed by atoms with Crippen molar-refractivity contribution in [1.82, 2.24) is 9.88 Å². The number of piperazine rings is 1. The van der Waals surface area contributed by atoms with Crippen LogP contribution in [-0.2, 0) is 14.6 Å². The molecule has 0 radical (unpaired) electrons. The maximum atomic E-state index is 13.9. The van der Waals surface area contributed by atoms with Crippen LogP contribution in [0.1, 0.15) is 45.7 Å². The van der Waals surface area contributed by atoms with Crippen LogP contribution in [0.25, 0.3) is 10.9 Å². The van der Waals surface area contributed by atoms with E-state index in [0.717, 1.165) is 9.80 Å². The number of pyridine rings is 1. The van der Waals surface area contributed by atoms with Crippen molar-refractivity contribution in [2.45, 2.75) is 43.0 Å². The SMILES string of the molecule is [2H]c1c([2H])c([2H])c(S(=O)(=O)c2c([2H])c([2H])c3c(N4CCN(C(=O)OC(C)(C)C)CC4([2H])[2H])c([2H])c(C([2H])([2H])[2H])nc3c2[2H])c([2H])c1[2H]. The molecule has 1 saturated heterocycles. The zero-order chi connectivity index (χ0) is 35.9. The van der Waals surface area contributed by atoms with Gasteiger partial charge in [0.15, 0.2) is 0 Å². The molecule has 4 rings (SSSR count). The van der Waals surface area contributed by atoms with Crippen LogP contribution in [0.5, 0.6) is 0 Å². The maximum absolute atomic E-state index is 13.9. The topological polar surface area (TPSA) is 79.8 Å². The number of carbonyl (C=O) groups is 1. The Balaban J connectivity index is 2.06. The van der Waals surface area contributed by atoms with Gasteiger partial charge >= 0.3 is 6.09 Å². The molecule has 33 heavy (non-hydrogen) atoms. The Bertz CT molecular complexity index is 1920. The minimum absolute atomic E-state index is 0.197. The van der Waals surface area contributed by atoms with Crippen molar-refractivity contribution in [3.8, 4) is 0 Å². The van der Waals surface area contributed by atoms with Crippen molar-refractivity contribution in [2.75, 3.05) is 31.0 Å². The smallest absolute Gasteiger partial charge is 0.410 e. The number of aryl methyl sites for hydroxylation is 1. The number of aromatic nitrogens is 1. The lowest BCUT2D eigenvalue weighted by molar-refractivity contribution is 0.0240.